The van der Waals surface area contributed by atoms with Gasteiger partial charge >= 0.3 is 0 Å². The molecule has 4 nitrogen and oxygen atoms in total. The summed E-state index contributed by atoms with van der Waals surface area (Å²) < 4.78 is 5.46. The number of hydrogen-bond donors (Lipinski definition) is 0. The smallest absolute Gasteiger partial charge is 0.230 e. The molecule has 0 bridgehead atoms. The summed E-state index contributed by atoms with van der Waals surface area (Å²) in [5.41, 5.74) is 2.10. The van der Waals surface area contributed by atoms with Crippen LogP contribution >= 0.6 is 11.6 Å². The average molecular weight is 369 g/mol. The molecule has 0 N–H and O–H groups in total. The van der Waals surface area contributed by atoms with Crippen molar-refractivity contribution < 1.29 is 9.21 Å². The lowest BCUT2D eigenvalue weighted by atomic mass is 9.93. The first-order chi connectivity index (χ1) is 12.6. The molecule has 26 heavy (non-hydrogen) atoms. The fourth-order valence-electron chi connectivity index (χ4n) is 2.90. The molecular weight excluding hydrogens is 348 g/mol. The van der Waals surface area contributed by atoms with Crippen LogP contribution in [0.4, 0.5) is 0 Å². The summed E-state index contributed by atoms with van der Waals surface area (Å²) in [5.74, 6) is 0.555. The van der Waals surface area contributed by atoms with E-state index in [1.54, 1.807) is 23.6 Å². The zero-order chi connectivity index (χ0) is 18.4. The normalized spacial score (nSPS) is 11.9. The number of aromatic nitrogens is 1. The second-order valence-corrected chi connectivity index (χ2v) is 6.69. The van der Waals surface area contributed by atoms with Crippen molar-refractivity contribution in [3.63, 3.8) is 0 Å². The number of furan rings is 1. The number of nitrogens with zero attached hydrogens (tertiary/aromatic N) is 2. The van der Waals surface area contributed by atoms with Gasteiger partial charge in [0.15, 0.2) is 0 Å². The van der Waals surface area contributed by atoms with Crippen LogP contribution in [0.15, 0.2) is 71.6 Å². The zero-order valence-corrected chi connectivity index (χ0v) is 15.4. The maximum Gasteiger partial charge on any atom is 0.230 e. The third kappa shape index (κ3) is 4.73. The van der Waals surface area contributed by atoms with Crippen molar-refractivity contribution >= 4 is 17.5 Å². The fourth-order valence-corrected chi connectivity index (χ4v) is 3.02. The Kier molecular flexibility index (Phi) is 6.08. The van der Waals surface area contributed by atoms with E-state index < -0.39 is 0 Å². The van der Waals surface area contributed by atoms with Crippen molar-refractivity contribution in [3.05, 3.63) is 89.1 Å². The molecule has 0 radical (unpaired) electrons. The molecular formula is C21H21ClN2O2. The van der Waals surface area contributed by atoms with Crippen LogP contribution in [0.3, 0.4) is 0 Å². The molecule has 0 saturated heterocycles. The van der Waals surface area contributed by atoms with E-state index in [4.69, 9.17) is 16.0 Å². The first-order valence-corrected chi connectivity index (χ1v) is 8.93. The van der Waals surface area contributed by atoms with E-state index in [1.807, 2.05) is 55.6 Å². The van der Waals surface area contributed by atoms with Gasteiger partial charge in [-0.1, -0.05) is 23.7 Å². The predicted octanol–water partition coefficient (Wildman–Crippen LogP) is 4.36. The Morgan fingerprint density at radius 1 is 1.15 bits per heavy atom. The molecule has 0 fully saturated rings. The standard InChI is InChI=1S/C21H21ClN2O2/c1-24(13-10-16-8-11-23-12-9-16)21(25)20(15-19-3-2-14-26-19)17-4-6-18(22)7-5-17/h2-9,11-12,14,20H,10,13,15H2,1H3. The molecule has 0 spiro atoms. The molecule has 1 amide bonds. The van der Waals surface area contributed by atoms with Crippen molar-refractivity contribution in [2.24, 2.45) is 0 Å². The molecule has 0 aliphatic heterocycles. The Bertz CT molecular complexity index is 817. The molecule has 0 saturated carbocycles. The Hall–Kier alpha value is -2.59. The van der Waals surface area contributed by atoms with Gasteiger partial charge in [0.05, 0.1) is 12.2 Å². The topological polar surface area (TPSA) is 46.3 Å². The summed E-state index contributed by atoms with van der Waals surface area (Å²) in [4.78, 5) is 18.9. The summed E-state index contributed by atoms with van der Waals surface area (Å²) in [5, 5.41) is 0.656. The van der Waals surface area contributed by atoms with Gasteiger partial charge in [-0.05, 0) is 53.9 Å². The Morgan fingerprint density at radius 2 is 1.88 bits per heavy atom. The number of carbonyl (C=O) groups is 1. The molecule has 0 aliphatic carbocycles. The second kappa shape index (κ2) is 8.68. The molecule has 2 heterocycles. The first kappa shape index (κ1) is 18.2. The van der Waals surface area contributed by atoms with Gasteiger partial charge in [-0.25, -0.2) is 0 Å². The van der Waals surface area contributed by atoms with Crippen LogP contribution in [0.2, 0.25) is 5.02 Å². The van der Waals surface area contributed by atoms with Gasteiger partial charge in [-0.15, -0.1) is 0 Å². The van der Waals surface area contributed by atoms with Crippen molar-refractivity contribution in [2.45, 2.75) is 18.8 Å². The maximum atomic E-state index is 13.1. The number of rotatable bonds is 7. The van der Waals surface area contributed by atoms with Crippen LogP contribution in [0.1, 0.15) is 22.8 Å². The highest BCUT2D eigenvalue weighted by Crippen LogP contribution is 2.25. The largest absolute Gasteiger partial charge is 0.469 e. The van der Waals surface area contributed by atoms with Crippen LogP contribution in [0.5, 0.6) is 0 Å². The summed E-state index contributed by atoms with van der Waals surface area (Å²) in [6.45, 7) is 0.644. The average Bonchev–Trinajstić information content (AvgIpc) is 3.18. The number of pyridine rings is 1. The van der Waals surface area contributed by atoms with E-state index in [0.29, 0.717) is 18.0 Å². The highest BCUT2D eigenvalue weighted by Gasteiger charge is 2.25. The number of likely N-dealkylation sites (N-methyl/N-ethyl adjacent to an activating group) is 1. The van der Waals surface area contributed by atoms with Gasteiger partial charge in [-0.3, -0.25) is 9.78 Å². The predicted molar refractivity (Wildman–Crippen MR) is 102 cm³/mol. The fraction of sp³-hybridized carbons (Fsp3) is 0.238. The Labute approximate surface area is 158 Å². The highest BCUT2D eigenvalue weighted by atomic mass is 35.5. The minimum absolute atomic E-state index is 0.0674. The third-order valence-corrected chi connectivity index (χ3v) is 4.67. The van der Waals surface area contributed by atoms with E-state index >= 15 is 0 Å². The minimum atomic E-state index is -0.305. The third-order valence-electron chi connectivity index (χ3n) is 4.42. The number of benzene rings is 1. The number of amides is 1. The molecule has 0 aliphatic rings. The lowest BCUT2D eigenvalue weighted by molar-refractivity contribution is -0.131. The van der Waals surface area contributed by atoms with E-state index in [0.717, 1.165) is 23.3 Å². The van der Waals surface area contributed by atoms with Crippen molar-refractivity contribution in [1.29, 1.82) is 0 Å². The van der Waals surface area contributed by atoms with Crippen LogP contribution in [0, 0.1) is 0 Å². The molecule has 5 heteroatoms. The SMILES string of the molecule is CN(CCc1ccncc1)C(=O)C(Cc1ccco1)c1ccc(Cl)cc1. The van der Waals surface area contributed by atoms with Crippen molar-refractivity contribution in [1.82, 2.24) is 9.88 Å². The highest BCUT2D eigenvalue weighted by molar-refractivity contribution is 6.30. The van der Waals surface area contributed by atoms with E-state index in [1.165, 1.54) is 0 Å². The Balaban J connectivity index is 1.74. The summed E-state index contributed by atoms with van der Waals surface area (Å²) in [6, 6.07) is 15.1. The molecule has 1 aromatic carbocycles. The quantitative estimate of drug-likeness (QED) is 0.622. The van der Waals surface area contributed by atoms with Gasteiger partial charge in [0.1, 0.15) is 5.76 Å². The molecule has 3 rings (SSSR count). The van der Waals surface area contributed by atoms with E-state index in [-0.39, 0.29) is 11.8 Å². The molecule has 1 unspecified atom stereocenters. The van der Waals surface area contributed by atoms with Crippen LogP contribution < -0.4 is 0 Å². The zero-order valence-electron chi connectivity index (χ0n) is 14.6. The van der Waals surface area contributed by atoms with Gasteiger partial charge in [0.25, 0.3) is 0 Å². The van der Waals surface area contributed by atoms with Crippen LogP contribution in [0.25, 0.3) is 0 Å². The van der Waals surface area contributed by atoms with Crippen molar-refractivity contribution in [3.8, 4) is 0 Å². The number of carbonyl (C=O) groups excluding carboxylic acids is 1. The Morgan fingerprint density at radius 3 is 2.54 bits per heavy atom. The lowest BCUT2D eigenvalue weighted by Gasteiger charge is -2.24. The van der Waals surface area contributed by atoms with E-state index in [2.05, 4.69) is 4.98 Å². The number of hydrogen-bond acceptors (Lipinski definition) is 3. The van der Waals surface area contributed by atoms with Gasteiger partial charge in [-0.2, -0.15) is 0 Å². The number of halogens is 1. The van der Waals surface area contributed by atoms with Crippen LogP contribution in [-0.4, -0.2) is 29.4 Å². The molecule has 3 aromatic rings. The molecule has 2 aromatic heterocycles. The summed E-state index contributed by atoms with van der Waals surface area (Å²) in [6.07, 6.45) is 6.48. The summed E-state index contributed by atoms with van der Waals surface area (Å²) >= 11 is 6.00. The monoisotopic (exact) mass is 368 g/mol. The summed E-state index contributed by atoms with van der Waals surface area (Å²) in [7, 11) is 1.84. The van der Waals surface area contributed by atoms with Gasteiger partial charge in [0, 0.05) is 37.4 Å². The van der Waals surface area contributed by atoms with Crippen molar-refractivity contribution in [2.75, 3.05) is 13.6 Å². The molecule has 1 atom stereocenters. The second-order valence-electron chi connectivity index (χ2n) is 6.25. The van der Waals surface area contributed by atoms with Gasteiger partial charge in [0.2, 0.25) is 5.91 Å². The van der Waals surface area contributed by atoms with Crippen LogP contribution in [-0.2, 0) is 17.6 Å². The maximum absolute atomic E-state index is 13.1. The van der Waals surface area contributed by atoms with Gasteiger partial charge < -0.3 is 9.32 Å². The van der Waals surface area contributed by atoms with E-state index in [9.17, 15) is 4.79 Å². The molecule has 134 valence electrons. The minimum Gasteiger partial charge on any atom is -0.469 e. The first-order valence-electron chi connectivity index (χ1n) is 8.55. The lowest BCUT2D eigenvalue weighted by Crippen LogP contribution is -2.34.